The lowest BCUT2D eigenvalue weighted by Crippen LogP contribution is -2.21. The SMILES string of the molecule is CCOC(=O)CCCC(N=Nc1cccc(Br)c1)C(=O)OCC. The Morgan fingerprint density at radius 2 is 1.96 bits per heavy atom. The fraction of sp³-hybridized carbons (Fsp3) is 0.500. The number of carbonyl (C=O) groups is 2. The van der Waals surface area contributed by atoms with E-state index in [4.69, 9.17) is 9.47 Å². The third kappa shape index (κ3) is 7.88. The number of rotatable bonds is 9. The maximum atomic E-state index is 11.9. The van der Waals surface area contributed by atoms with Crippen LogP contribution >= 0.6 is 15.9 Å². The van der Waals surface area contributed by atoms with Crippen LogP contribution in [0.3, 0.4) is 0 Å². The highest BCUT2D eigenvalue weighted by atomic mass is 79.9. The van der Waals surface area contributed by atoms with Gasteiger partial charge in [0.2, 0.25) is 0 Å². The second-order valence-electron chi connectivity index (χ2n) is 4.66. The molecule has 1 rings (SSSR count). The highest BCUT2D eigenvalue weighted by Gasteiger charge is 2.19. The first-order valence-electron chi connectivity index (χ1n) is 7.55. The molecule has 0 aliphatic carbocycles. The molecule has 0 aliphatic heterocycles. The minimum atomic E-state index is -0.719. The van der Waals surface area contributed by atoms with Gasteiger partial charge < -0.3 is 9.47 Å². The van der Waals surface area contributed by atoms with E-state index in [0.717, 1.165) is 4.47 Å². The Labute approximate surface area is 144 Å². The number of hydrogen-bond donors (Lipinski definition) is 0. The molecule has 7 heteroatoms. The molecule has 1 atom stereocenters. The number of carbonyl (C=O) groups excluding carboxylic acids is 2. The van der Waals surface area contributed by atoms with Crippen molar-refractivity contribution in [1.82, 2.24) is 0 Å². The molecule has 0 saturated carbocycles. The largest absolute Gasteiger partial charge is 0.466 e. The predicted octanol–water partition coefficient (Wildman–Crippen LogP) is 4.20. The summed E-state index contributed by atoms with van der Waals surface area (Å²) in [7, 11) is 0. The second-order valence-corrected chi connectivity index (χ2v) is 5.58. The highest BCUT2D eigenvalue weighted by molar-refractivity contribution is 9.10. The zero-order valence-corrected chi connectivity index (χ0v) is 14.9. The monoisotopic (exact) mass is 384 g/mol. The van der Waals surface area contributed by atoms with Crippen LogP contribution in [0.1, 0.15) is 33.1 Å². The fourth-order valence-corrected chi connectivity index (χ4v) is 2.20. The molecule has 0 amide bonds. The van der Waals surface area contributed by atoms with Crippen LogP contribution < -0.4 is 0 Å². The zero-order chi connectivity index (χ0) is 17.1. The van der Waals surface area contributed by atoms with Gasteiger partial charge >= 0.3 is 11.9 Å². The first-order valence-corrected chi connectivity index (χ1v) is 8.34. The fourth-order valence-electron chi connectivity index (χ4n) is 1.81. The molecule has 0 aromatic heterocycles. The average molecular weight is 385 g/mol. The predicted molar refractivity (Wildman–Crippen MR) is 89.6 cm³/mol. The number of ether oxygens (including phenoxy) is 2. The van der Waals surface area contributed by atoms with Gasteiger partial charge in [-0.1, -0.05) is 22.0 Å². The van der Waals surface area contributed by atoms with E-state index in [-0.39, 0.29) is 19.0 Å². The highest BCUT2D eigenvalue weighted by Crippen LogP contribution is 2.20. The van der Waals surface area contributed by atoms with Crippen LogP contribution in [0.25, 0.3) is 0 Å². The number of azo groups is 1. The molecule has 0 radical (unpaired) electrons. The lowest BCUT2D eigenvalue weighted by Gasteiger charge is -2.10. The average Bonchev–Trinajstić information content (AvgIpc) is 2.51. The van der Waals surface area contributed by atoms with Gasteiger partial charge in [0, 0.05) is 10.9 Å². The Bertz CT molecular complexity index is 549. The smallest absolute Gasteiger partial charge is 0.332 e. The lowest BCUT2D eigenvalue weighted by molar-refractivity contribution is -0.146. The Morgan fingerprint density at radius 3 is 2.61 bits per heavy atom. The molecule has 1 unspecified atom stereocenters. The van der Waals surface area contributed by atoms with E-state index >= 15 is 0 Å². The topological polar surface area (TPSA) is 77.3 Å². The van der Waals surface area contributed by atoms with Crippen LogP contribution in [0, 0.1) is 0 Å². The number of benzene rings is 1. The van der Waals surface area contributed by atoms with Crippen molar-refractivity contribution in [2.75, 3.05) is 13.2 Å². The maximum Gasteiger partial charge on any atom is 0.332 e. The molecule has 6 nitrogen and oxygen atoms in total. The molecule has 0 bridgehead atoms. The number of halogens is 1. The van der Waals surface area contributed by atoms with Crippen molar-refractivity contribution in [3.63, 3.8) is 0 Å². The van der Waals surface area contributed by atoms with Crippen molar-refractivity contribution >= 4 is 33.6 Å². The normalized spacial score (nSPS) is 12.1. The van der Waals surface area contributed by atoms with Gasteiger partial charge in [-0.25, -0.2) is 4.79 Å². The summed E-state index contributed by atoms with van der Waals surface area (Å²) in [5.74, 6) is -0.714. The third-order valence-corrected chi connectivity index (χ3v) is 3.34. The summed E-state index contributed by atoms with van der Waals surface area (Å²) < 4.78 is 10.7. The standard InChI is InChI=1S/C16H21BrN2O4/c1-3-22-15(20)10-6-9-14(16(21)23-4-2)19-18-13-8-5-7-12(17)11-13/h5,7-8,11,14H,3-4,6,9-10H2,1-2H3. The van der Waals surface area contributed by atoms with E-state index in [2.05, 4.69) is 26.2 Å². The Hall–Kier alpha value is -1.76. The maximum absolute atomic E-state index is 11.9. The molecular weight excluding hydrogens is 364 g/mol. The van der Waals surface area contributed by atoms with Gasteiger partial charge in [-0.2, -0.15) is 10.2 Å². The van der Waals surface area contributed by atoms with E-state index in [9.17, 15) is 9.59 Å². The minimum Gasteiger partial charge on any atom is -0.466 e. The van der Waals surface area contributed by atoms with Crippen LogP contribution in [0.15, 0.2) is 39.0 Å². The summed E-state index contributed by atoms with van der Waals surface area (Å²) in [4.78, 5) is 23.3. The van der Waals surface area contributed by atoms with Crippen LogP contribution in [0.5, 0.6) is 0 Å². The molecule has 0 fully saturated rings. The number of esters is 2. The quantitative estimate of drug-likeness (QED) is 0.472. The molecular formula is C16H21BrN2O4. The van der Waals surface area contributed by atoms with Gasteiger partial charge in [0.25, 0.3) is 0 Å². The van der Waals surface area contributed by atoms with Gasteiger partial charge in [-0.15, -0.1) is 0 Å². The van der Waals surface area contributed by atoms with E-state index in [1.807, 2.05) is 12.1 Å². The lowest BCUT2D eigenvalue weighted by atomic mass is 10.1. The minimum absolute atomic E-state index is 0.246. The summed E-state index contributed by atoms with van der Waals surface area (Å²) in [6.45, 7) is 4.12. The van der Waals surface area contributed by atoms with Gasteiger partial charge in [-0.05, 0) is 44.9 Å². The van der Waals surface area contributed by atoms with E-state index < -0.39 is 12.0 Å². The number of hydrogen-bond acceptors (Lipinski definition) is 6. The molecule has 0 heterocycles. The first kappa shape index (κ1) is 19.3. The van der Waals surface area contributed by atoms with Crippen LogP contribution in [0.4, 0.5) is 5.69 Å². The van der Waals surface area contributed by atoms with Crippen molar-refractivity contribution in [3.05, 3.63) is 28.7 Å². The molecule has 0 spiro atoms. The summed E-state index contributed by atoms with van der Waals surface area (Å²) in [6, 6.07) is 6.57. The summed E-state index contributed by atoms with van der Waals surface area (Å²) in [6.07, 6.45) is 1.12. The Balaban J connectivity index is 2.65. The molecule has 1 aromatic rings. The molecule has 1 aromatic carbocycles. The summed E-state index contributed by atoms with van der Waals surface area (Å²) >= 11 is 3.35. The summed E-state index contributed by atoms with van der Waals surface area (Å²) in [5, 5.41) is 8.16. The Kier molecular flexibility index (Phi) is 9.12. The number of nitrogens with zero attached hydrogens (tertiary/aromatic N) is 2. The molecule has 0 saturated heterocycles. The van der Waals surface area contributed by atoms with Crippen LogP contribution in [-0.4, -0.2) is 31.2 Å². The summed E-state index contributed by atoms with van der Waals surface area (Å²) in [5.41, 5.74) is 0.638. The van der Waals surface area contributed by atoms with Gasteiger partial charge in [0.05, 0.1) is 18.9 Å². The van der Waals surface area contributed by atoms with Gasteiger partial charge in [-0.3, -0.25) is 4.79 Å². The Morgan fingerprint density at radius 1 is 1.22 bits per heavy atom. The van der Waals surface area contributed by atoms with Crippen molar-refractivity contribution in [2.24, 2.45) is 10.2 Å². The van der Waals surface area contributed by atoms with Crippen molar-refractivity contribution in [1.29, 1.82) is 0 Å². The molecule has 0 N–H and O–H groups in total. The van der Waals surface area contributed by atoms with Gasteiger partial charge in [0.15, 0.2) is 6.04 Å². The molecule has 23 heavy (non-hydrogen) atoms. The van der Waals surface area contributed by atoms with E-state index in [1.54, 1.807) is 26.0 Å². The zero-order valence-electron chi connectivity index (χ0n) is 13.3. The first-order chi connectivity index (χ1) is 11.1. The van der Waals surface area contributed by atoms with E-state index in [0.29, 0.717) is 25.1 Å². The molecule has 126 valence electrons. The van der Waals surface area contributed by atoms with Crippen molar-refractivity contribution in [2.45, 2.75) is 39.2 Å². The van der Waals surface area contributed by atoms with Crippen LogP contribution in [0.2, 0.25) is 0 Å². The van der Waals surface area contributed by atoms with Crippen molar-refractivity contribution < 1.29 is 19.1 Å². The van der Waals surface area contributed by atoms with Gasteiger partial charge in [0.1, 0.15) is 0 Å². The van der Waals surface area contributed by atoms with Crippen molar-refractivity contribution in [3.8, 4) is 0 Å². The third-order valence-electron chi connectivity index (χ3n) is 2.84. The second kappa shape index (κ2) is 10.9. The van der Waals surface area contributed by atoms with E-state index in [1.165, 1.54) is 0 Å². The van der Waals surface area contributed by atoms with Crippen LogP contribution in [-0.2, 0) is 19.1 Å². The molecule has 0 aliphatic rings.